The highest BCUT2D eigenvalue weighted by Gasteiger charge is 2.24. The van der Waals surface area contributed by atoms with E-state index >= 15 is 0 Å². The number of hydrogen-bond acceptors (Lipinski definition) is 7. The number of allylic oxidation sites excluding steroid dienone is 2. The van der Waals surface area contributed by atoms with Gasteiger partial charge in [-0.15, -0.1) is 0 Å². The van der Waals surface area contributed by atoms with Crippen molar-refractivity contribution in [2.45, 2.75) is 62.4 Å². The lowest BCUT2D eigenvalue weighted by atomic mass is 9.97. The number of para-hydroxylation sites is 2. The summed E-state index contributed by atoms with van der Waals surface area (Å²) in [6.07, 6.45) is 8.15. The van der Waals surface area contributed by atoms with Gasteiger partial charge < -0.3 is 19.5 Å². The first-order chi connectivity index (χ1) is 18.5. The topological polar surface area (TPSA) is 91.7 Å². The number of nitrogens with one attached hydrogen (secondary N) is 1. The summed E-state index contributed by atoms with van der Waals surface area (Å²) in [5.41, 5.74) is 2.31. The van der Waals surface area contributed by atoms with Crippen LogP contribution in [0.5, 0.6) is 17.2 Å². The number of anilines is 1. The standard InChI is InChI=1S/C29H35N3O5S/c1-5-26(27(33)30-21-13-9-10-14-23(21)35-2)38-29-31-22-18-25(37-4)24(36-3)17-20(22)28(34)32(29)16-15-19-11-7-6-8-12-19/h9-11,13-14,17-18,26H,5-8,12,15-16H2,1-4H3,(H,30,33). The van der Waals surface area contributed by atoms with Crippen LogP contribution in [0.1, 0.15) is 45.4 Å². The number of hydrogen-bond donors (Lipinski definition) is 1. The molecular weight excluding hydrogens is 502 g/mol. The Hall–Kier alpha value is -3.46. The van der Waals surface area contributed by atoms with Gasteiger partial charge in [0.1, 0.15) is 5.75 Å². The van der Waals surface area contributed by atoms with Crippen molar-refractivity contribution >= 4 is 34.3 Å². The molecule has 1 aromatic heterocycles. The minimum absolute atomic E-state index is 0.158. The molecule has 0 spiro atoms. The van der Waals surface area contributed by atoms with Crippen LogP contribution < -0.4 is 25.1 Å². The molecule has 1 heterocycles. The summed E-state index contributed by atoms with van der Waals surface area (Å²) >= 11 is 1.30. The molecule has 1 N–H and O–H groups in total. The number of aromatic nitrogens is 2. The summed E-state index contributed by atoms with van der Waals surface area (Å²) in [6.45, 7) is 2.44. The second-order valence-electron chi connectivity index (χ2n) is 9.14. The minimum atomic E-state index is -0.468. The maximum Gasteiger partial charge on any atom is 0.262 e. The molecule has 9 heteroatoms. The number of amides is 1. The van der Waals surface area contributed by atoms with Crippen molar-refractivity contribution in [2.75, 3.05) is 26.6 Å². The number of carbonyl (C=O) groups excluding carboxylic acids is 1. The van der Waals surface area contributed by atoms with Gasteiger partial charge in [0.15, 0.2) is 16.7 Å². The molecule has 38 heavy (non-hydrogen) atoms. The van der Waals surface area contributed by atoms with Gasteiger partial charge >= 0.3 is 0 Å². The average Bonchev–Trinajstić information content (AvgIpc) is 2.95. The first-order valence-corrected chi connectivity index (χ1v) is 13.8. The van der Waals surface area contributed by atoms with E-state index in [1.54, 1.807) is 50.2 Å². The molecule has 1 aliphatic carbocycles. The van der Waals surface area contributed by atoms with E-state index in [0.29, 0.717) is 52.0 Å². The lowest BCUT2D eigenvalue weighted by molar-refractivity contribution is -0.115. The zero-order valence-electron chi connectivity index (χ0n) is 22.4. The molecule has 1 atom stereocenters. The molecule has 1 aliphatic rings. The molecule has 3 aromatic rings. The molecule has 1 unspecified atom stereocenters. The van der Waals surface area contributed by atoms with E-state index in [1.807, 2.05) is 19.1 Å². The maximum atomic E-state index is 13.8. The van der Waals surface area contributed by atoms with Crippen molar-refractivity contribution in [1.82, 2.24) is 9.55 Å². The highest BCUT2D eigenvalue weighted by molar-refractivity contribution is 8.00. The first-order valence-electron chi connectivity index (χ1n) is 12.9. The molecular formula is C29H35N3O5S. The lowest BCUT2D eigenvalue weighted by Crippen LogP contribution is -2.28. The third-order valence-corrected chi connectivity index (χ3v) is 8.10. The summed E-state index contributed by atoms with van der Waals surface area (Å²) in [5.74, 6) is 1.38. The predicted molar refractivity (Wildman–Crippen MR) is 152 cm³/mol. The quantitative estimate of drug-likeness (QED) is 0.187. The van der Waals surface area contributed by atoms with Crippen LogP contribution in [0.25, 0.3) is 10.9 Å². The fourth-order valence-corrected chi connectivity index (χ4v) is 5.65. The third-order valence-electron chi connectivity index (χ3n) is 6.74. The molecule has 0 fully saturated rings. The lowest BCUT2D eigenvalue weighted by Gasteiger charge is -2.20. The van der Waals surface area contributed by atoms with Crippen LogP contribution in [0.2, 0.25) is 0 Å². The number of benzene rings is 2. The number of fused-ring (bicyclic) bond motifs is 1. The van der Waals surface area contributed by atoms with E-state index in [4.69, 9.17) is 19.2 Å². The predicted octanol–water partition coefficient (Wildman–Crippen LogP) is 5.82. The Bertz CT molecular complexity index is 1380. The van der Waals surface area contributed by atoms with Crippen LogP contribution in [-0.2, 0) is 11.3 Å². The summed E-state index contributed by atoms with van der Waals surface area (Å²) < 4.78 is 18.0. The van der Waals surface area contributed by atoms with E-state index in [1.165, 1.54) is 30.2 Å². The van der Waals surface area contributed by atoms with Gasteiger partial charge in [0.2, 0.25) is 5.91 Å². The number of methoxy groups -OCH3 is 3. The van der Waals surface area contributed by atoms with Crippen LogP contribution in [0.15, 0.2) is 58.0 Å². The molecule has 0 radical (unpaired) electrons. The zero-order chi connectivity index (χ0) is 27.1. The number of thioether (sulfide) groups is 1. The van der Waals surface area contributed by atoms with Crippen molar-refractivity contribution < 1.29 is 19.0 Å². The fourth-order valence-electron chi connectivity index (χ4n) is 4.61. The van der Waals surface area contributed by atoms with Crippen molar-refractivity contribution in [3.63, 3.8) is 0 Å². The molecule has 2 aromatic carbocycles. The second-order valence-corrected chi connectivity index (χ2v) is 10.3. The zero-order valence-corrected chi connectivity index (χ0v) is 23.2. The Morgan fingerprint density at radius 3 is 2.50 bits per heavy atom. The van der Waals surface area contributed by atoms with Gasteiger partial charge in [0.05, 0.1) is 43.2 Å². The van der Waals surface area contributed by atoms with Gasteiger partial charge in [0, 0.05) is 12.6 Å². The number of carbonyl (C=O) groups is 1. The van der Waals surface area contributed by atoms with Gasteiger partial charge in [-0.1, -0.05) is 42.5 Å². The summed E-state index contributed by atoms with van der Waals surface area (Å²) in [6, 6.07) is 10.7. The number of nitrogens with zero attached hydrogens (tertiary/aromatic N) is 2. The Kier molecular flexibility index (Phi) is 9.33. The van der Waals surface area contributed by atoms with Gasteiger partial charge in [-0.25, -0.2) is 4.98 Å². The third kappa shape index (κ3) is 6.15. The first kappa shape index (κ1) is 27.6. The van der Waals surface area contributed by atoms with Crippen LogP contribution in [0, 0.1) is 0 Å². The van der Waals surface area contributed by atoms with Crippen molar-refractivity contribution in [2.24, 2.45) is 0 Å². The minimum Gasteiger partial charge on any atom is -0.495 e. The highest BCUT2D eigenvalue weighted by Crippen LogP contribution is 2.33. The maximum absolute atomic E-state index is 13.8. The normalized spacial score (nSPS) is 14.1. The number of ether oxygens (including phenoxy) is 3. The highest BCUT2D eigenvalue weighted by atomic mass is 32.2. The second kappa shape index (κ2) is 12.9. The smallest absolute Gasteiger partial charge is 0.262 e. The van der Waals surface area contributed by atoms with Crippen LogP contribution in [0.3, 0.4) is 0 Å². The largest absolute Gasteiger partial charge is 0.495 e. The van der Waals surface area contributed by atoms with E-state index in [9.17, 15) is 9.59 Å². The van der Waals surface area contributed by atoms with Crippen LogP contribution in [-0.4, -0.2) is 42.0 Å². The monoisotopic (exact) mass is 537 g/mol. The Balaban J connectivity index is 1.71. The molecule has 0 aliphatic heterocycles. The Morgan fingerprint density at radius 1 is 1.08 bits per heavy atom. The van der Waals surface area contributed by atoms with Crippen LogP contribution >= 0.6 is 11.8 Å². The van der Waals surface area contributed by atoms with Gasteiger partial charge in [-0.3, -0.25) is 14.2 Å². The van der Waals surface area contributed by atoms with E-state index < -0.39 is 5.25 Å². The fraction of sp³-hybridized carbons (Fsp3) is 0.414. The molecule has 0 saturated carbocycles. The van der Waals surface area contributed by atoms with E-state index in [-0.39, 0.29) is 11.5 Å². The number of rotatable bonds is 11. The summed E-state index contributed by atoms with van der Waals surface area (Å²) in [7, 11) is 4.66. The molecule has 4 rings (SSSR count). The molecule has 8 nitrogen and oxygen atoms in total. The van der Waals surface area contributed by atoms with Crippen molar-refractivity contribution in [3.8, 4) is 17.2 Å². The molecule has 202 valence electrons. The van der Waals surface area contributed by atoms with Gasteiger partial charge in [0.25, 0.3) is 5.56 Å². The van der Waals surface area contributed by atoms with Crippen molar-refractivity contribution in [1.29, 1.82) is 0 Å². The molecule has 0 bridgehead atoms. The van der Waals surface area contributed by atoms with E-state index in [2.05, 4.69) is 11.4 Å². The molecule has 0 saturated heterocycles. The van der Waals surface area contributed by atoms with Gasteiger partial charge in [-0.05, 0) is 56.7 Å². The van der Waals surface area contributed by atoms with Gasteiger partial charge in [-0.2, -0.15) is 0 Å². The Morgan fingerprint density at radius 2 is 1.82 bits per heavy atom. The van der Waals surface area contributed by atoms with E-state index in [0.717, 1.165) is 19.3 Å². The van der Waals surface area contributed by atoms with Crippen LogP contribution in [0.4, 0.5) is 5.69 Å². The SMILES string of the molecule is CCC(Sc1nc2cc(OC)c(OC)cc2c(=O)n1CCC1=CCCCC1)C(=O)Nc1ccccc1OC. The van der Waals surface area contributed by atoms with Crippen molar-refractivity contribution in [3.05, 3.63) is 58.4 Å². The average molecular weight is 538 g/mol. The summed E-state index contributed by atoms with van der Waals surface area (Å²) in [5, 5.41) is 3.47. The molecule has 1 amide bonds. The summed E-state index contributed by atoms with van der Waals surface area (Å²) in [4.78, 5) is 32.0. The Labute approximate surface area is 227 Å².